The lowest BCUT2D eigenvalue weighted by Crippen LogP contribution is -1.96. The van der Waals surface area contributed by atoms with Gasteiger partial charge in [-0.15, -0.1) is 0 Å². The lowest BCUT2D eigenvalue weighted by Gasteiger charge is -1.93. The van der Waals surface area contributed by atoms with E-state index in [1.165, 1.54) is 12.7 Å². The number of methoxy groups -OCH3 is 1. The Balaban J connectivity index is 3.36. The topological polar surface area (TPSA) is 26.3 Å². The maximum absolute atomic E-state index is 10.7. The number of allylic oxidation sites excluding steroid dienone is 3. The highest BCUT2D eigenvalue weighted by Gasteiger charge is 1.92. The van der Waals surface area contributed by atoms with Gasteiger partial charge in [0.15, 0.2) is 0 Å². The number of ether oxygens (including phenoxy) is 1. The number of rotatable bonds is 6. The van der Waals surface area contributed by atoms with Gasteiger partial charge in [-0.2, -0.15) is 0 Å². The van der Waals surface area contributed by atoms with Crippen molar-refractivity contribution in [3.63, 3.8) is 0 Å². The average molecular weight is 196 g/mol. The van der Waals surface area contributed by atoms with Crippen LogP contribution in [0.1, 0.15) is 39.5 Å². The molecule has 0 spiro atoms. The minimum Gasteiger partial charge on any atom is -0.469 e. The minimum atomic E-state index is -0.175. The van der Waals surface area contributed by atoms with E-state index in [4.69, 9.17) is 0 Å². The summed E-state index contributed by atoms with van der Waals surface area (Å²) in [6.07, 6.45) is 9.81. The second-order valence-corrected chi connectivity index (χ2v) is 3.46. The van der Waals surface area contributed by atoms with Crippen LogP contribution in [0.3, 0.4) is 0 Å². The molecule has 80 valence electrons. The molecule has 0 fully saturated rings. The van der Waals surface area contributed by atoms with Gasteiger partial charge in [0, 0.05) is 0 Å². The third-order valence-corrected chi connectivity index (χ3v) is 1.81. The second-order valence-electron chi connectivity index (χ2n) is 3.46. The fraction of sp³-hybridized carbons (Fsp3) is 0.583. The number of hydrogen-bond acceptors (Lipinski definition) is 2. The molecule has 0 amide bonds. The van der Waals surface area contributed by atoms with Crippen molar-refractivity contribution in [2.75, 3.05) is 7.11 Å². The summed E-state index contributed by atoms with van der Waals surface area (Å²) in [5, 5.41) is 0. The van der Waals surface area contributed by atoms with Gasteiger partial charge >= 0.3 is 5.97 Å². The highest BCUT2D eigenvalue weighted by atomic mass is 16.5. The molecule has 0 aromatic carbocycles. The summed E-state index contributed by atoms with van der Waals surface area (Å²) in [5.74, 6) is -0.175. The van der Waals surface area contributed by atoms with Crippen LogP contribution in [0.2, 0.25) is 0 Å². The van der Waals surface area contributed by atoms with Crippen molar-refractivity contribution < 1.29 is 9.53 Å². The van der Waals surface area contributed by atoms with Crippen molar-refractivity contribution in [2.45, 2.75) is 39.5 Å². The summed E-state index contributed by atoms with van der Waals surface area (Å²) >= 11 is 0. The molecule has 2 nitrogen and oxygen atoms in total. The number of unbranched alkanes of at least 4 members (excludes halogenated alkanes) is 2. The largest absolute Gasteiger partial charge is 0.469 e. The van der Waals surface area contributed by atoms with Gasteiger partial charge in [-0.25, -0.2) is 0 Å². The first-order valence-corrected chi connectivity index (χ1v) is 5.02. The molecular weight excluding hydrogens is 176 g/mol. The van der Waals surface area contributed by atoms with Crippen LogP contribution in [0.5, 0.6) is 0 Å². The first-order valence-electron chi connectivity index (χ1n) is 5.02. The van der Waals surface area contributed by atoms with Crippen LogP contribution in [0, 0.1) is 0 Å². The van der Waals surface area contributed by atoms with Gasteiger partial charge < -0.3 is 4.74 Å². The van der Waals surface area contributed by atoms with Crippen molar-refractivity contribution in [1.29, 1.82) is 0 Å². The average Bonchev–Trinajstić information content (AvgIpc) is 2.15. The molecule has 0 N–H and O–H groups in total. The highest BCUT2D eigenvalue weighted by molar-refractivity contribution is 5.70. The SMILES string of the molecule is COC(=O)C/C=C/CCCC=C(C)C. The molecule has 2 heteroatoms. The molecule has 0 radical (unpaired) electrons. The van der Waals surface area contributed by atoms with E-state index in [0.717, 1.165) is 19.3 Å². The molecule has 0 bridgehead atoms. The Labute approximate surface area is 86.6 Å². The van der Waals surface area contributed by atoms with E-state index < -0.39 is 0 Å². The minimum absolute atomic E-state index is 0.175. The fourth-order valence-electron chi connectivity index (χ4n) is 1.01. The smallest absolute Gasteiger partial charge is 0.309 e. The highest BCUT2D eigenvalue weighted by Crippen LogP contribution is 2.01. The summed E-state index contributed by atoms with van der Waals surface area (Å²) in [7, 11) is 1.41. The Morgan fingerprint density at radius 2 is 1.93 bits per heavy atom. The molecule has 0 aliphatic rings. The third kappa shape index (κ3) is 9.04. The summed E-state index contributed by atoms with van der Waals surface area (Å²) in [6, 6.07) is 0. The van der Waals surface area contributed by atoms with Crippen molar-refractivity contribution in [3.8, 4) is 0 Å². The number of esters is 1. The van der Waals surface area contributed by atoms with Crippen molar-refractivity contribution in [3.05, 3.63) is 23.8 Å². The Kier molecular flexibility index (Phi) is 7.90. The van der Waals surface area contributed by atoms with Crippen LogP contribution >= 0.6 is 0 Å². The molecule has 0 rings (SSSR count). The van der Waals surface area contributed by atoms with Crippen LogP contribution in [-0.2, 0) is 9.53 Å². The van der Waals surface area contributed by atoms with E-state index in [2.05, 4.69) is 24.7 Å². The van der Waals surface area contributed by atoms with Gasteiger partial charge in [0.1, 0.15) is 0 Å². The molecule has 0 atom stereocenters. The van der Waals surface area contributed by atoms with Gasteiger partial charge in [0.05, 0.1) is 13.5 Å². The Bertz CT molecular complexity index is 210. The maximum atomic E-state index is 10.7. The van der Waals surface area contributed by atoms with Gasteiger partial charge in [0.2, 0.25) is 0 Å². The van der Waals surface area contributed by atoms with Crippen LogP contribution in [-0.4, -0.2) is 13.1 Å². The van der Waals surface area contributed by atoms with E-state index in [1.807, 2.05) is 12.2 Å². The second kappa shape index (κ2) is 8.54. The molecule has 0 aromatic heterocycles. The number of carbonyl (C=O) groups is 1. The van der Waals surface area contributed by atoms with Crippen molar-refractivity contribution >= 4 is 5.97 Å². The van der Waals surface area contributed by atoms with Crippen LogP contribution in [0.25, 0.3) is 0 Å². The molecule has 0 aromatic rings. The predicted molar refractivity (Wildman–Crippen MR) is 59.1 cm³/mol. The molecule has 14 heavy (non-hydrogen) atoms. The Morgan fingerprint density at radius 3 is 2.50 bits per heavy atom. The van der Waals surface area contributed by atoms with Crippen LogP contribution in [0.15, 0.2) is 23.8 Å². The summed E-state index contributed by atoms with van der Waals surface area (Å²) in [6.45, 7) is 4.21. The molecule has 0 aliphatic heterocycles. The fourth-order valence-corrected chi connectivity index (χ4v) is 1.01. The normalized spacial score (nSPS) is 10.2. The molecular formula is C12H20O2. The summed E-state index contributed by atoms with van der Waals surface area (Å²) in [4.78, 5) is 10.7. The van der Waals surface area contributed by atoms with E-state index in [1.54, 1.807) is 0 Å². The van der Waals surface area contributed by atoms with Gasteiger partial charge in [-0.05, 0) is 33.1 Å². The van der Waals surface area contributed by atoms with Gasteiger partial charge in [0.25, 0.3) is 0 Å². The van der Waals surface area contributed by atoms with Crippen molar-refractivity contribution in [1.82, 2.24) is 0 Å². The zero-order chi connectivity index (χ0) is 10.8. The first-order chi connectivity index (χ1) is 6.66. The lowest BCUT2D eigenvalue weighted by molar-refractivity contribution is -0.139. The Morgan fingerprint density at radius 1 is 1.21 bits per heavy atom. The molecule has 0 unspecified atom stereocenters. The quantitative estimate of drug-likeness (QED) is 0.370. The van der Waals surface area contributed by atoms with E-state index in [0.29, 0.717) is 6.42 Å². The summed E-state index contributed by atoms with van der Waals surface area (Å²) < 4.78 is 4.51. The standard InChI is InChI=1S/C12H20O2/c1-11(2)9-7-5-4-6-8-10-12(13)14-3/h6,8-9H,4-5,7,10H2,1-3H3/b8-6+. The van der Waals surface area contributed by atoms with Gasteiger partial charge in [-0.1, -0.05) is 23.8 Å². The maximum Gasteiger partial charge on any atom is 0.309 e. The van der Waals surface area contributed by atoms with Crippen LogP contribution in [0.4, 0.5) is 0 Å². The zero-order valence-corrected chi connectivity index (χ0v) is 9.38. The van der Waals surface area contributed by atoms with Crippen LogP contribution < -0.4 is 0 Å². The number of hydrogen-bond donors (Lipinski definition) is 0. The van der Waals surface area contributed by atoms with E-state index in [-0.39, 0.29) is 5.97 Å². The Hall–Kier alpha value is -1.05. The number of carbonyl (C=O) groups excluding carboxylic acids is 1. The van der Waals surface area contributed by atoms with E-state index in [9.17, 15) is 4.79 Å². The molecule has 0 aliphatic carbocycles. The van der Waals surface area contributed by atoms with Crippen molar-refractivity contribution in [2.24, 2.45) is 0 Å². The first kappa shape index (κ1) is 12.9. The summed E-state index contributed by atoms with van der Waals surface area (Å²) in [5.41, 5.74) is 1.36. The predicted octanol–water partition coefficient (Wildman–Crippen LogP) is 3.24. The van der Waals surface area contributed by atoms with E-state index >= 15 is 0 Å². The molecule has 0 saturated heterocycles. The third-order valence-electron chi connectivity index (χ3n) is 1.81. The monoisotopic (exact) mass is 196 g/mol. The molecule has 0 heterocycles. The van der Waals surface area contributed by atoms with Gasteiger partial charge in [-0.3, -0.25) is 4.79 Å². The molecule has 0 saturated carbocycles. The lowest BCUT2D eigenvalue weighted by atomic mass is 10.2. The zero-order valence-electron chi connectivity index (χ0n) is 9.38.